The molecule has 0 bridgehead atoms. The van der Waals surface area contributed by atoms with Gasteiger partial charge in [0.15, 0.2) is 0 Å². The van der Waals surface area contributed by atoms with Crippen LogP contribution in [0.5, 0.6) is 0 Å². The van der Waals surface area contributed by atoms with Crippen molar-refractivity contribution in [2.75, 3.05) is 17.1 Å². The van der Waals surface area contributed by atoms with Gasteiger partial charge in [-0.25, -0.2) is 8.42 Å². The van der Waals surface area contributed by atoms with Crippen LogP contribution in [-0.4, -0.2) is 50.0 Å². The number of hydrogen-bond donors (Lipinski definition) is 1. The van der Waals surface area contributed by atoms with E-state index >= 15 is 0 Å². The first-order chi connectivity index (χ1) is 18.0. The van der Waals surface area contributed by atoms with E-state index in [9.17, 15) is 18.0 Å². The summed E-state index contributed by atoms with van der Waals surface area (Å²) < 4.78 is 26.5. The molecule has 0 aliphatic heterocycles. The van der Waals surface area contributed by atoms with Gasteiger partial charge in [0.05, 0.1) is 11.9 Å². The molecule has 1 aliphatic carbocycles. The van der Waals surface area contributed by atoms with Gasteiger partial charge in [-0.2, -0.15) is 0 Å². The summed E-state index contributed by atoms with van der Waals surface area (Å²) in [5, 5.41) is 3.60. The van der Waals surface area contributed by atoms with Gasteiger partial charge in [-0.15, -0.1) is 0 Å². The molecule has 0 saturated heterocycles. The van der Waals surface area contributed by atoms with E-state index in [1.807, 2.05) is 45.0 Å². The number of carbonyl (C=O) groups is 2. The van der Waals surface area contributed by atoms with Gasteiger partial charge in [-0.3, -0.25) is 13.9 Å². The van der Waals surface area contributed by atoms with E-state index in [4.69, 9.17) is 11.6 Å². The van der Waals surface area contributed by atoms with E-state index in [1.54, 1.807) is 23.1 Å². The van der Waals surface area contributed by atoms with Crippen LogP contribution in [0.1, 0.15) is 68.6 Å². The molecular weight excluding hydrogens is 522 g/mol. The van der Waals surface area contributed by atoms with Gasteiger partial charge in [0, 0.05) is 30.6 Å². The Morgan fingerprint density at radius 1 is 1.11 bits per heavy atom. The Balaban J connectivity index is 1.78. The average Bonchev–Trinajstić information content (AvgIpc) is 3.35. The fourth-order valence-corrected chi connectivity index (χ4v) is 6.31. The maximum Gasteiger partial charge on any atom is 0.243 e. The average molecular weight is 562 g/mol. The number of carbonyl (C=O) groups excluding carboxylic acids is 2. The Morgan fingerprint density at radius 3 is 2.45 bits per heavy atom. The quantitative estimate of drug-likeness (QED) is 0.377. The van der Waals surface area contributed by atoms with Gasteiger partial charge in [0.2, 0.25) is 21.8 Å². The molecule has 3 rings (SSSR count). The summed E-state index contributed by atoms with van der Waals surface area (Å²) in [6, 6.07) is 12.6. The number of aryl methyl sites for hydroxylation is 2. The molecule has 1 atom stereocenters. The Bertz CT molecular complexity index is 1230. The van der Waals surface area contributed by atoms with Crippen molar-refractivity contribution in [3.63, 3.8) is 0 Å². The van der Waals surface area contributed by atoms with Crippen molar-refractivity contribution in [2.45, 2.75) is 84.3 Å². The third-order valence-electron chi connectivity index (χ3n) is 7.11. The van der Waals surface area contributed by atoms with Gasteiger partial charge in [0.1, 0.15) is 6.04 Å². The van der Waals surface area contributed by atoms with Crippen molar-refractivity contribution in [2.24, 2.45) is 0 Å². The first-order valence-corrected chi connectivity index (χ1v) is 15.6. The van der Waals surface area contributed by atoms with Crippen LogP contribution in [0.25, 0.3) is 0 Å². The fraction of sp³-hybridized carbons (Fsp3) is 0.517. The molecule has 9 heteroatoms. The minimum absolute atomic E-state index is 0.116. The second-order valence-electron chi connectivity index (χ2n) is 10.3. The second-order valence-corrected chi connectivity index (χ2v) is 12.6. The standard InChI is InChI=1S/C29H40ClN3O4S/c1-5-26(29(35)31-25-12-6-7-13-25)32(20-23-11-8-10-21(2)18-23)28(34)14-9-17-33(38(4,36)37)27-19-24(30)16-15-22(27)3/h8,10-11,15-16,18-19,25-26H,5-7,9,12-14,17,20H2,1-4H3,(H,31,35)/t26-/m0/s1. The molecule has 208 valence electrons. The summed E-state index contributed by atoms with van der Waals surface area (Å²) in [6.07, 6.45) is 6.23. The van der Waals surface area contributed by atoms with Crippen molar-refractivity contribution in [3.05, 3.63) is 64.2 Å². The van der Waals surface area contributed by atoms with Gasteiger partial charge in [-0.1, -0.05) is 67.3 Å². The van der Waals surface area contributed by atoms with E-state index in [0.29, 0.717) is 30.1 Å². The topological polar surface area (TPSA) is 86.8 Å². The molecule has 0 aromatic heterocycles. The highest BCUT2D eigenvalue weighted by Gasteiger charge is 2.31. The van der Waals surface area contributed by atoms with E-state index in [2.05, 4.69) is 5.32 Å². The number of hydrogen-bond acceptors (Lipinski definition) is 4. The Hall–Kier alpha value is -2.58. The molecule has 2 aromatic rings. The number of amides is 2. The van der Waals surface area contributed by atoms with E-state index in [1.165, 1.54) is 4.31 Å². The molecule has 38 heavy (non-hydrogen) atoms. The highest BCUT2D eigenvalue weighted by atomic mass is 35.5. The Morgan fingerprint density at radius 2 is 1.82 bits per heavy atom. The lowest BCUT2D eigenvalue weighted by Gasteiger charge is -2.32. The van der Waals surface area contributed by atoms with Crippen LogP contribution < -0.4 is 9.62 Å². The van der Waals surface area contributed by atoms with Crippen LogP contribution in [0.4, 0.5) is 5.69 Å². The normalized spacial score (nSPS) is 14.8. The SMILES string of the molecule is CC[C@@H](C(=O)NC1CCCC1)N(Cc1cccc(C)c1)C(=O)CCCN(c1cc(Cl)ccc1C)S(C)(=O)=O. The van der Waals surface area contributed by atoms with Crippen LogP contribution >= 0.6 is 11.6 Å². The highest BCUT2D eigenvalue weighted by Crippen LogP contribution is 2.27. The van der Waals surface area contributed by atoms with Crippen LogP contribution in [0.3, 0.4) is 0 Å². The van der Waals surface area contributed by atoms with Crippen LogP contribution in [-0.2, 0) is 26.2 Å². The van der Waals surface area contributed by atoms with Crippen LogP contribution in [0.2, 0.25) is 5.02 Å². The fourth-order valence-electron chi connectivity index (χ4n) is 5.13. The van der Waals surface area contributed by atoms with E-state index < -0.39 is 16.1 Å². The Kier molecular flexibility index (Phi) is 10.6. The molecule has 1 saturated carbocycles. The number of halogens is 1. The lowest BCUT2D eigenvalue weighted by Crippen LogP contribution is -2.51. The van der Waals surface area contributed by atoms with E-state index in [0.717, 1.165) is 48.6 Å². The molecular formula is C29H40ClN3O4S. The third-order valence-corrected chi connectivity index (χ3v) is 8.53. The highest BCUT2D eigenvalue weighted by molar-refractivity contribution is 7.92. The molecule has 1 N–H and O–H groups in total. The predicted molar refractivity (Wildman–Crippen MR) is 154 cm³/mol. The number of nitrogens with one attached hydrogen (secondary N) is 1. The van der Waals surface area contributed by atoms with Gasteiger partial charge >= 0.3 is 0 Å². The molecule has 0 radical (unpaired) electrons. The largest absolute Gasteiger partial charge is 0.352 e. The smallest absolute Gasteiger partial charge is 0.243 e. The zero-order valence-corrected chi connectivity index (χ0v) is 24.4. The molecule has 0 spiro atoms. The number of sulfonamides is 1. The van der Waals surface area contributed by atoms with Crippen molar-refractivity contribution in [3.8, 4) is 0 Å². The van der Waals surface area contributed by atoms with Crippen LogP contribution in [0, 0.1) is 13.8 Å². The van der Waals surface area contributed by atoms with Crippen molar-refractivity contribution >= 4 is 39.1 Å². The van der Waals surface area contributed by atoms with Crippen LogP contribution in [0.15, 0.2) is 42.5 Å². The minimum atomic E-state index is -3.59. The monoisotopic (exact) mass is 561 g/mol. The second kappa shape index (κ2) is 13.5. The maximum absolute atomic E-state index is 13.6. The summed E-state index contributed by atoms with van der Waals surface area (Å²) in [7, 11) is -3.59. The Labute approximate surface area is 232 Å². The summed E-state index contributed by atoms with van der Waals surface area (Å²) in [6.45, 7) is 6.20. The summed E-state index contributed by atoms with van der Waals surface area (Å²) >= 11 is 6.15. The molecule has 7 nitrogen and oxygen atoms in total. The molecule has 0 unspecified atom stereocenters. The van der Waals surface area contributed by atoms with Crippen molar-refractivity contribution < 1.29 is 18.0 Å². The molecule has 1 aliphatic rings. The lowest BCUT2D eigenvalue weighted by molar-refractivity contribution is -0.141. The first-order valence-electron chi connectivity index (χ1n) is 13.4. The zero-order valence-electron chi connectivity index (χ0n) is 22.9. The lowest BCUT2D eigenvalue weighted by atomic mass is 10.1. The summed E-state index contributed by atoms with van der Waals surface area (Å²) in [5.41, 5.74) is 3.32. The number of anilines is 1. The summed E-state index contributed by atoms with van der Waals surface area (Å²) in [5.74, 6) is -0.288. The molecule has 1 fully saturated rings. The third kappa shape index (κ3) is 8.21. The van der Waals surface area contributed by atoms with Gasteiger partial charge in [0.25, 0.3) is 0 Å². The van der Waals surface area contributed by atoms with E-state index in [-0.39, 0.29) is 30.8 Å². The number of nitrogens with zero attached hydrogens (tertiary/aromatic N) is 2. The van der Waals surface area contributed by atoms with Crippen molar-refractivity contribution in [1.82, 2.24) is 10.2 Å². The predicted octanol–water partition coefficient (Wildman–Crippen LogP) is 5.37. The number of rotatable bonds is 12. The van der Waals surface area contributed by atoms with Gasteiger partial charge in [-0.05, 0) is 62.8 Å². The molecule has 2 aromatic carbocycles. The van der Waals surface area contributed by atoms with Crippen molar-refractivity contribution in [1.29, 1.82) is 0 Å². The minimum Gasteiger partial charge on any atom is -0.352 e. The zero-order chi connectivity index (χ0) is 27.9. The molecule has 0 heterocycles. The first kappa shape index (κ1) is 30.0. The van der Waals surface area contributed by atoms with Gasteiger partial charge < -0.3 is 10.2 Å². The molecule has 2 amide bonds. The summed E-state index contributed by atoms with van der Waals surface area (Å²) in [4.78, 5) is 28.6. The number of benzene rings is 2. The maximum atomic E-state index is 13.6.